The number of halogens is 1. The maximum absolute atomic E-state index is 13.3. The molecule has 0 fully saturated rings. The van der Waals surface area contributed by atoms with Crippen molar-refractivity contribution in [1.29, 1.82) is 0 Å². The van der Waals surface area contributed by atoms with Crippen LogP contribution in [0.1, 0.15) is 16.1 Å². The number of hydrazine groups is 1. The van der Waals surface area contributed by atoms with E-state index in [1.807, 2.05) is 5.43 Å². The third-order valence-electron chi connectivity index (χ3n) is 2.71. The Labute approximate surface area is 136 Å². The van der Waals surface area contributed by atoms with E-state index in [2.05, 4.69) is 10.2 Å². The van der Waals surface area contributed by atoms with Crippen LogP contribution in [0.3, 0.4) is 0 Å². The summed E-state index contributed by atoms with van der Waals surface area (Å²) in [6.07, 6.45) is 3.53. The van der Waals surface area contributed by atoms with Crippen molar-refractivity contribution in [2.24, 2.45) is 0 Å². The van der Waals surface area contributed by atoms with Crippen molar-refractivity contribution in [3.8, 4) is 0 Å². The average molecular weight is 332 g/mol. The van der Waals surface area contributed by atoms with Crippen LogP contribution in [-0.2, 0) is 14.3 Å². The molecule has 2 aromatic rings. The Bertz CT molecular complexity index is 756. The minimum atomic E-state index is -0.828. The van der Waals surface area contributed by atoms with Crippen LogP contribution in [0.2, 0.25) is 0 Å². The molecule has 8 heteroatoms. The lowest BCUT2D eigenvalue weighted by atomic mass is 10.2. The van der Waals surface area contributed by atoms with Gasteiger partial charge in [-0.2, -0.15) is 0 Å². The van der Waals surface area contributed by atoms with Gasteiger partial charge in [0.25, 0.3) is 5.91 Å². The molecule has 0 aliphatic rings. The molecule has 0 saturated carbocycles. The molecule has 0 atom stereocenters. The summed E-state index contributed by atoms with van der Waals surface area (Å²) in [6, 6.07) is 8.79. The molecule has 2 rings (SSSR count). The molecule has 2 N–H and O–H groups in total. The number of rotatable bonds is 5. The first kappa shape index (κ1) is 16.9. The van der Waals surface area contributed by atoms with Gasteiger partial charge >= 0.3 is 11.9 Å². The monoisotopic (exact) mass is 332 g/mol. The third kappa shape index (κ3) is 5.09. The normalized spacial score (nSPS) is 10.4. The molecule has 0 saturated heterocycles. The summed E-state index contributed by atoms with van der Waals surface area (Å²) >= 11 is 0. The number of nitrogens with one attached hydrogen (secondary N) is 2. The number of ether oxygens (including phenoxy) is 1. The zero-order valence-corrected chi connectivity index (χ0v) is 12.3. The highest BCUT2D eigenvalue weighted by molar-refractivity contribution is 5.93. The molecule has 0 aliphatic carbocycles. The average Bonchev–Trinajstić information content (AvgIpc) is 3.11. The second kappa shape index (κ2) is 8.28. The predicted molar refractivity (Wildman–Crippen MR) is 80.7 cm³/mol. The van der Waals surface area contributed by atoms with E-state index >= 15 is 0 Å². The Morgan fingerprint density at radius 2 is 1.92 bits per heavy atom. The molecule has 0 bridgehead atoms. The van der Waals surface area contributed by atoms with Gasteiger partial charge in [-0.15, -0.1) is 0 Å². The molecule has 24 heavy (non-hydrogen) atoms. The topological polar surface area (TPSA) is 97.6 Å². The van der Waals surface area contributed by atoms with Crippen molar-refractivity contribution in [1.82, 2.24) is 10.9 Å². The van der Waals surface area contributed by atoms with Crippen molar-refractivity contribution < 1.29 is 27.9 Å². The van der Waals surface area contributed by atoms with Crippen LogP contribution in [0.5, 0.6) is 0 Å². The number of carbonyl (C=O) groups is 3. The summed E-state index contributed by atoms with van der Waals surface area (Å²) in [5, 5.41) is 0. The fourth-order valence-electron chi connectivity index (χ4n) is 1.58. The van der Waals surface area contributed by atoms with Crippen molar-refractivity contribution in [3.05, 3.63) is 65.9 Å². The Hall–Kier alpha value is -3.42. The van der Waals surface area contributed by atoms with Crippen molar-refractivity contribution in [2.75, 3.05) is 6.61 Å². The third-order valence-corrected chi connectivity index (χ3v) is 2.71. The molecule has 0 aliphatic heterocycles. The van der Waals surface area contributed by atoms with Crippen molar-refractivity contribution in [2.45, 2.75) is 0 Å². The fraction of sp³-hybridized carbons (Fsp3) is 0.0625. The van der Waals surface area contributed by atoms with E-state index in [-0.39, 0.29) is 11.3 Å². The number of esters is 1. The van der Waals surface area contributed by atoms with Gasteiger partial charge in [-0.05, 0) is 24.3 Å². The van der Waals surface area contributed by atoms with Gasteiger partial charge in [0.2, 0.25) is 0 Å². The summed E-state index contributed by atoms with van der Waals surface area (Å²) in [5.74, 6) is -2.70. The van der Waals surface area contributed by atoms with E-state index in [9.17, 15) is 18.8 Å². The van der Waals surface area contributed by atoms with Gasteiger partial charge in [0.1, 0.15) is 5.82 Å². The van der Waals surface area contributed by atoms with Crippen LogP contribution in [0.15, 0.2) is 53.2 Å². The molecule has 0 spiro atoms. The van der Waals surface area contributed by atoms with Crippen LogP contribution >= 0.6 is 0 Å². The largest absolute Gasteiger partial charge is 0.459 e. The van der Waals surface area contributed by atoms with Gasteiger partial charge in [-0.25, -0.2) is 9.18 Å². The first-order valence-electron chi connectivity index (χ1n) is 6.78. The van der Waals surface area contributed by atoms with Crippen LogP contribution in [0.4, 0.5) is 4.39 Å². The number of furan rings is 1. The highest BCUT2D eigenvalue weighted by atomic mass is 19.1. The number of hydrogen-bond acceptors (Lipinski definition) is 5. The Morgan fingerprint density at radius 1 is 1.12 bits per heavy atom. The van der Waals surface area contributed by atoms with Crippen LogP contribution in [0.25, 0.3) is 6.08 Å². The van der Waals surface area contributed by atoms with Gasteiger partial charge in [0.15, 0.2) is 12.4 Å². The second-order valence-electron chi connectivity index (χ2n) is 4.44. The quantitative estimate of drug-likeness (QED) is 0.490. The summed E-state index contributed by atoms with van der Waals surface area (Å²) in [5.41, 5.74) is 4.34. The first-order chi connectivity index (χ1) is 11.6. The molecular formula is C16H13FN2O5. The van der Waals surface area contributed by atoms with Gasteiger partial charge in [-0.3, -0.25) is 20.4 Å². The van der Waals surface area contributed by atoms with E-state index in [4.69, 9.17) is 4.42 Å². The van der Waals surface area contributed by atoms with Gasteiger partial charge in [-0.1, -0.05) is 18.2 Å². The molecule has 1 heterocycles. The minimum Gasteiger partial charge on any atom is -0.459 e. The van der Waals surface area contributed by atoms with E-state index in [0.29, 0.717) is 0 Å². The lowest BCUT2D eigenvalue weighted by Gasteiger charge is -2.05. The van der Waals surface area contributed by atoms with Gasteiger partial charge < -0.3 is 9.15 Å². The smallest absolute Gasteiger partial charge is 0.331 e. The van der Waals surface area contributed by atoms with Crippen LogP contribution < -0.4 is 10.9 Å². The minimum absolute atomic E-state index is 0.0140. The molecule has 1 aromatic heterocycles. The second-order valence-corrected chi connectivity index (χ2v) is 4.44. The fourth-order valence-corrected chi connectivity index (χ4v) is 1.58. The van der Waals surface area contributed by atoms with Crippen molar-refractivity contribution >= 4 is 23.9 Å². The van der Waals surface area contributed by atoms with Gasteiger partial charge in [0.05, 0.1) is 6.26 Å². The zero-order chi connectivity index (χ0) is 17.4. The Balaban J connectivity index is 1.72. The Kier molecular flexibility index (Phi) is 5.84. The summed E-state index contributed by atoms with van der Waals surface area (Å²) in [4.78, 5) is 34.3. The molecular weight excluding hydrogens is 319 g/mol. The summed E-state index contributed by atoms with van der Waals surface area (Å²) in [6.45, 7) is -0.612. The van der Waals surface area contributed by atoms with Gasteiger partial charge in [0, 0.05) is 11.6 Å². The predicted octanol–water partition coefficient (Wildman–Crippen LogP) is 1.44. The molecule has 1 aromatic carbocycles. The first-order valence-corrected chi connectivity index (χ1v) is 6.78. The maximum atomic E-state index is 13.3. The molecule has 124 valence electrons. The highest BCUT2D eigenvalue weighted by Gasteiger charge is 2.10. The number of benzene rings is 1. The SMILES string of the molecule is O=C(COC(=O)/C=C/c1ccccc1F)NNC(=O)c1ccco1. The molecule has 2 amide bonds. The van der Waals surface area contributed by atoms with E-state index in [1.165, 1.54) is 42.7 Å². The molecule has 7 nitrogen and oxygen atoms in total. The van der Waals surface area contributed by atoms with E-state index in [0.717, 1.165) is 6.08 Å². The number of carbonyl (C=O) groups excluding carboxylic acids is 3. The van der Waals surface area contributed by atoms with E-state index in [1.54, 1.807) is 6.07 Å². The summed E-state index contributed by atoms with van der Waals surface area (Å²) in [7, 11) is 0. The zero-order valence-electron chi connectivity index (χ0n) is 12.3. The number of amides is 2. The Morgan fingerprint density at radius 3 is 2.62 bits per heavy atom. The molecule has 0 unspecified atom stereocenters. The highest BCUT2D eigenvalue weighted by Crippen LogP contribution is 2.08. The summed E-state index contributed by atoms with van der Waals surface area (Å²) < 4.78 is 22.8. The standard InChI is InChI=1S/C16H13FN2O5/c17-12-5-2-1-4-11(12)7-8-15(21)24-10-14(20)18-19-16(22)13-6-3-9-23-13/h1-9H,10H2,(H,18,20)(H,19,22)/b8-7+. The molecule has 0 radical (unpaired) electrons. The lowest BCUT2D eigenvalue weighted by molar-refractivity contribution is -0.144. The lowest BCUT2D eigenvalue weighted by Crippen LogP contribution is -2.43. The van der Waals surface area contributed by atoms with Crippen molar-refractivity contribution in [3.63, 3.8) is 0 Å². The van der Waals surface area contributed by atoms with Crippen LogP contribution in [0, 0.1) is 5.82 Å². The maximum Gasteiger partial charge on any atom is 0.331 e. The van der Waals surface area contributed by atoms with E-state index < -0.39 is 30.2 Å². The number of hydrogen-bond donors (Lipinski definition) is 2. The van der Waals surface area contributed by atoms with Crippen LogP contribution in [-0.4, -0.2) is 24.4 Å².